The predicted molar refractivity (Wildman–Crippen MR) is 156 cm³/mol. The Morgan fingerprint density at radius 2 is 1.34 bits per heavy atom. The number of piperazine rings is 1. The van der Waals surface area contributed by atoms with Gasteiger partial charge in [0.1, 0.15) is 11.4 Å². The van der Waals surface area contributed by atoms with Crippen molar-refractivity contribution in [1.82, 2.24) is 9.80 Å². The van der Waals surface area contributed by atoms with Crippen LogP contribution in [0.4, 0.5) is 16.2 Å². The van der Waals surface area contributed by atoms with E-state index < -0.39 is 23.5 Å². The summed E-state index contributed by atoms with van der Waals surface area (Å²) in [5, 5.41) is 16.5. The van der Waals surface area contributed by atoms with E-state index in [1.165, 1.54) is 22.8 Å². The summed E-state index contributed by atoms with van der Waals surface area (Å²) < 4.78 is 5.44. The highest BCUT2D eigenvalue weighted by molar-refractivity contribution is 6.14. The number of aromatic hydroxyl groups is 1. The van der Waals surface area contributed by atoms with Crippen molar-refractivity contribution in [3.63, 3.8) is 0 Å². The molecule has 3 N–H and O–H groups in total. The monoisotopic (exact) mass is 558 g/mol. The summed E-state index contributed by atoms with van der Waals surface area (Å²) in [6.45, 7) is 7.70. The maximum absolute atomic E-state index is 13.7. The van der Waals surface area contributed by atoms with Crippen LogP contribution in [0.15, 0.2) is 66.7 Å². The number of hydrogen-bond acceptors (Lipinski definition) is 6. The summed E-state index contributed by atoms with van der Waals surface area (Å²) in [6, 6.07) is 18.8. The van der Waals surface area contributed by atoms with Gasteiger partial charge in [-0.05, 0) is 68.3 Å². The number of phenolic OH excluding ortho intramolecular Hbond substituents is 1. The molecular weight excluding hydrogens is 524 g/mol. The van der Waals surface area contributed by atoms with Gasteiger partial charge < -0.3 is 30.3 Å². The summed E-state index contributed by atoms with van der Waals surface area (Å²) in [6.07, 6.45) is -0.454. The minimum Gasteiger partial charge on any atom is -0.507 e. The Morgan fingerprint density at radius 3 is 1.90 bits per heavy atom. The van der Waals surface area contributed by atoms with E-state index in [0.717, 1.165) is 5.56 Å². The Hall–Kier alpha value is -4.86. The van der Waals surface area contributed by atoms with Gasteiger partial charge in [-0.1, -0.05) is 30.3 Å². The maximum atomic E-state index is 13.7. The van der Waals surface area contributed by atoms with Crippen molar-refractivity contribution in [3.05, 3.63) is 77.9 Å². The van der Waals surface area contributed by atoms with Crippen LogP contribution in [0.3, 0.4) is 0 Å². The van der Waals surface area contributed by atoms with Gasteiger partial charge >= 0.3 is 6.09 Å². The standard InChI is InChI=1S/C31H34N4O6/c1-20(36)32-23-10-12-24(13-11-23)33-28(38)25-18-22(21-8-6-5-7-9-21)19-26(37)27(25)29(39)34-14-16-35(17-15-34)30(40)41-31(2,3)4/h5-13,18-19,37H,14-17H2,1-4H3,(H,32,36)(H,33,38). The van der Waals surface area contributed by atoms with Gasteiger partial charge in [-0.3, -0.25) is 14.4 Å². The predicted octanol–water partition coefficient (Wildman–Crippen LogP) is 4.96. The molecule has 4 amide bonds. The first-order chi connectivity index (χ1) is 19.4. The summed E-state index contributed by atoms with van der Waals surface area (Å²) in [5.41, 5.74) is 1.60. The molecule has 0 unspecified atom stereocenters. The third-order valence-electron chi connectivity index (χ3n) is 6.36. The number of nitrogens with zero attached hydrogens (tertiary/aromatic N) is 2. The molecule has 4 rings (SSSR count). The Balaban J connectivity index is 1.61. The van der Waals surface area contributed by atoms with Crippen molar-refractivity contribution in [3.8, 4) is 16.9 Å². The van der Waals surface area contributed by atoms with Crippen LogP contribution < -0.4 is 10.6 Å². The smallest absolute Gasteiger partial charge is 0.410 e. The van der Waals surface area contributed by atoms with E-state index >= 15 is 0 Å². The SMILES string of the molecule is CC(=O)Nc1ccc(NC(=O)c2cc(-c3ccccc3)cc(O)c2C(=O)N2CCN(C(=O)OC(C)(C)C)CC2)cc1. The topological polar surface area (TPSA) is 128 Å². The molecule has 3 aromatic rings. The summed E-state index contributed by atoms with van der Waals surface area (Å²) in [7, 11) is 0. The van der Waals surface area contributed by atoms with Crippen molar-refractivity contribution >= 4 is 35.2 Å². The molecule has 3 aromatic carbocycles. The number of amides is 4. The number of carbonyl (C=O) groups is 4. The molecule has 1 heterocycles. The average Bonchev–Trinajstić information content (AvgIpc) is 2.92. The highest BCUT2D eigenvalue weighted by Crippen LogP contribution is 2.32. The maximum Gasteiger partial charge on any atom is 0.410 e. The van der Waals surface area contributed by atoms with Gasteiger partial charge in [0.05, 0.1) is 11.1 Å². The van der Waals surface area contributed by atoms with Crippen molar-refractivity contribution < 1.29 is 29.0 Å². The lowest BCUT2D eigenvalue weighted by Gasteiger charge is -2.36. The second kappa shape index (κ2) is 12.1. The van der Waals surface area contributed by atoms with E-state index in [4.69, 9.17) is 4.74 Å². The third-order valence-corrected chi connectivity index (χ3v) is 6.36. The molecule has 0 saturated carbocycles. The number of phenols is 1. The molecule has 1 aliphatic rings. The highest BCUT2D eigenvalue weighted by atomic mass is 16.6. The number of rotatable bonds is 5. The summed E-state index contributed by atoms with van der Waals surface area (Å²) in [5.74, 6) is -1.64. The molecule has 214 valence electrons. The van der Waals surface area contributed by atoms with Crippen molar-refractivity contribution in [2.75, 3.05) is 36.8 Å². The van der Waals surface area contributed by atoms with Crippen LogP contribution in [0.1, 0.15) is 48.4 Å². The first-order valence-electron chi connectivity index (χ1n) is 13.3. The second-order valence-electron chi connectivity index (χ2n) is 10.8. The number of anilines is 2. The zero-order valence-corrected chi connectivity index (χ0v) is 23.6. The molecule has 0 atom stereocenters. The summed E-state index contributed by atoms with van der Waals surface area (Å²) >= 11 is 0. The lowest BCUT2D eigenvalue weighted by atomic mass is 9.96. The lowest BCUT2D eigenvalue weighted by Crippen LogP contribution is -2.51. The van der Waals surface area contributed by atoms with Crippen molar-refractivity contribution in [1.29, 1.82) is 0 Å². The molecule has 0 aromatic heterocycles. The van der Waals surface area contributed by atoms with Gasteiger partial charge in [-0.15, -0.1) is 0 Å². The third kappa shape index (κ3) is 7.42. The molecule has 1 saturated heterocycles. The fourth-order valence-electron chi connectivity index (χ4n) is 4.44. The second-order valence-corrected chi connectivity index (χ2v) is 10.8. The minimum atomic E-state index is -0.636. The highest BCUT2D eigenvalue weighted by Gasteiger charge is 2.31. The minimum absolute atomic E-state index is 0.00867. The van der Waals surface area contributed by atoms with Crippen LogP contribution in [0.25, 0.3) is 11.1 Å². The first-order valence-corrected chi connectivity index (χ1v) is 13.3. The van der Waals surface area contributed by atoms with Crippen LogP contribution in [0.2, 0.25) is 0 Å². The van der Waals surface area contributed by atoms with Crippen LogP contribution in [-0.4, -0.2) is 70.5 Å². The molecule has 1 fully saturated rings. The van der Waals surface area contributed by atoms with Gasteiger partial charge in [0.2, 0.25) is 5.91 Å². The summed E-state index contributed by atoms with van der Waals surface area (Å²) in [4.78, 5) is 54.1. The van der Waals surface area contributed by atoms with E-state index in [-0.39, 0.29) is 49.0 Å². The Labute approximate surface area is 238 Å². The molecule has 0 bridgehead atoms. The molecule has 41 heavy (non-hydrogen) atoms. The number of benzene rings is 3. The van der Waals surface area contributed by atoms with Crippen LogP contribution in [0, 0.1) is 0 Å². The van der Waals surface area contributed by atoms with E-state index in [9.17, 15) is 24.3 Å². The molecule has 10 heteroatoms. The molecule has 0 aliphatic carbocycles. The Kier molecular flexibility index (Phi) is 8.61. The normalized spacial score (nSPS) is 13.4. The van der Waals surface area contributed by atoms with E-state index in [1.807, 2.05) is 30.3 Å². The average molecular weight is 559 g/mol. The van der Waals surface area contributed by atoms with Gasteiger partial charge in [0.25, 0.3) is 11.8 Å². The van der Waals surface area contributed by atoms with Crippen LogP contribution >= 0.6 is 0 Å². The molecule has 0 radical (unpaired) electrons. The largest absolute Gasteiger partial charge is 0.507 e. The van der Waals surface area contributed by atoms with E-state index in [2.05, 4.69) is 10.6 Å². The van der Waals surface area contributed by atoms with Crippen LogP contribution in [-0.2, 0) is 9.53 Å². The lowest BCUT2D eigenvalue weighted by molar-refractivity contribution is -0.114. The quantitative estimate of drug-likeness (QED) is 0.406. The van der Waals surface area contributed by atoms with Gasteiger partial charge in [-0.2, -0.15) is 0 Å². The van der Waals surface area contributed by atoms with E-state index in [0.29, 0.717) is 16.9 Å². The number of carbonyl (C=O) groups excluding carboxylic acids is 4. The van der Waals surface area contributed by atoms with E-state index in [1.54, 1.807) is 51.1 Å². The fourth-order valence-corrected chi connectivity index (χ4v) is 4.44. The molecule has 0 spiro atoms. The zero-order valence-electron chi connectivity index (χ0n) is 23.6. The Morgan fingerprint density at radius 1 is 0.780 bits per heavy atom. The van der Waals surface area contributed by atoms with Crippen molar-refractivity contribution in [2.24, 2.45) is 0 Å². The van der Waals surface area contributed by atoms with Crippen LogP contribution in [0.5, 0.6) is 5.75 Å². The number of nitrogens with one attached hydrogen (secondary N) is 2. The van der Waals surface area contributed by atoms with Gasteiger partial charge in [-0.25, -0.2) is 4.79 Å². The molecule has 10 nitrogen and oxygen atoms in total. The first kappa shape index (κ1) is 29.1. The van der Waals surface area contributed by atoms with Gasteiger partial charge in [0.15, 0.2) is 0 Å². The number of hydrogen-bond donors (Lipinski definition) is 3. The van der Waals surface area contributed by atoms with Gasteiger partial charge in [0, 0.05) is 44.5 Å². The fraction of sp³-hybridized carbons (Fsp3) is 0.290. The molecule has 1 aliphatic heterocycles. The zero-order chi connectivity index (χ0) is 29.7. The Bertz CT molecular complexity index is 1440. The molecular formula is C31H34N4O6. The van der Waals surface area contributed by atoms with Crippen molar-refractivity contribution in [2.45, 2.75) is 33.3 Å². The number of ether oxygens (including phenoxy) is 1.